The molecule has 1 N–H and O–H groups in total. The summed E-state index contributed by atoms with van der Waals surface area (Å²) >= 11 is 0. The summed E-state index contributed by atoms with van der Waals surface area (Å²) in [5.74, 6) is 0. The van der Waals surface area contributed by atoms with Gasteiger partial charge in [-0.25, -0.2) is 0 Å². The molecule has 1 aromatic carbocycles. The van der Waals surface area contributed by atoms with Crippen molar-refractivity contribution in [3.05, 3.63) is 33.9 Å². The van der Waals surface area contributed by atoms with Gasteiger partial charge in [0.15, 0.2) is 0 Å². The number of nitrogens with zero attached hydrogens (tertiary/aromatic N) is 2. The number of anilines is 1. The van der Waals surface area contributed by atoms with Gasteiger partial charge < -0.3 is 10.0 Å². The Labute approximate surface area is 107 Å². The second-order valence-electron chi connectivity index (χ2n) is 4.46. The van der Waals surface area contributed by atoms with Crippen LogP contribution in [0.25, 0.3) is 0 Å². The molecular formula is C13H20N2O3. The van der Waals surface area contributed by atoms with Crippen molar-refractivity contribution in [2.24, 2.45) is 0 Å². The third-order valence-electron chi connectivity index (χ3n) is 2.94. The van der Waals surface area contributed by atoms with Crippen LogP contribution in [0.15, 0.2) is 18.2 Å². The highest BCUT2D eigenvalue weighted by Crippen LogP contribution is 2.30. The lowest BCUT2D eigenvalue weighted by Gasteiger charge is -2.19. The zero-order valence-corrected chi connectivity index (χ0v) is 11.1. The molecule has 0 fully saturated rings. The number of nitro groups is 1. The highest BCUT2D eigenvalue weighted by atomic mass is 16.6. The minimum Gasteiger partial charge on any atom is -0.389 e. The monoisotopic (exact) mass is 252 g/mol. The molecule has 0 aliphatic heterocycles. The molecule has 0 unspecified atom stereocenters. The SMILES string of the molecule is CCCCN(C)c1ccc([C@@H](C)O)cc1[N+](=O)[O-]. The van der Waals surface area contributed by atoms with E-state index in [1.54, 1.807) is 19.1 Å². The molecule has 0 bridgehead atoms. The molecule has 18 heavy (non-hydrogen) atoms. The molecule has 0 radical (unpaired) electrons. The molecule has 0 aliphatic carbocycles. The van der Waals surface area contributed by atoms with Gasteiger partial charge in [-0.2, -0.15) is 0 Å². The second kappa shape index (κ2) is 6.35. The molecule has 1 rings (SSSR count). The van der Waals surface area contributed by atoms with E-state index in [9.17, 15) is 15.2 Å². The standard InChI is InChI=1S/C13H20N2O3/c1-4-5-8-14(3)12-7-6-11(10(2)16)9-13(12)15(17)18/h6-7,9-10,16H,4-5,8H2,1-3H3/t10-/m1/s1. The van der Waals surface area contributed by atoms with Crippen LogP contribution in [0.2, 0.25) is 0 Å². The fourth-order valence-corrected chi connectivity index (χ4v) is 1.79. The van der Waals surface area contributed by atoms with Gasteiger partial charge in [0.1, 0.15) is 5.69 Å². The fraction of sp³-hybridized carbons (Fsp3) is 0.538. The molecule has 5 heteroatoms. The molecule has 0 aromatic heterocycles. The second-order valence-corrected chi connectivity index (χ2v) is 4.46. The summed E-state index contributed by atoms with van der Waals surface area (Å²) in [5, 5.41) is 20.5. The Bertz CT molecular complexity index is 419. The Hall–Kier alpha value is -1.62. The number of aliphatic hydroxyl groups excluding tert-OH is 1. The zero-order valence-electron chi connectivity index (χ0n) is 11.1. The minimum atomic E-state index is -0.696. The molecule has 0 aliphatic rings. The minimum absolute atomic E-state index is 0.0482. The number of hydrogen-bond donors (Lipinski definition) is 1. The third kappa shape index (κ3) is 3.43. The fourth-order valence-electron chi connectivity index (χ4n) is 1.79. The summed E-state index contributed by atoms with van der Waals surface area (Å²) in [6.07, 6.45) is 1.34. The molecule has 0 saturated carbocycles. The summed E-state index contributed by atoms with van der Waals surface area (Å²) in [5.41, 5.74) is 1.21. The summed E-state index contributed by atoms with van der Waals surface area (Å²) in [4.78, 5) is 12.6. The highest BCUT2D eigenvalue weighted by Gasteiger charge is 2.18. The summed E-state index contributed by atoms with van der Waals surface area (Å²) in [6, 6.07) is 4.88. The molecular weight excluding hydrogens is 232 g/mol. The number of benzene rings is 1. The van der Waals surface area contributed by atoms with Crippen LogP contribution in [-0.4, -0.2) is 23.6 Å². The van der Waals surface area contributed by atoms with Gasteiger partial charge in [0.05, 0.1) is 11.0 Å². The first kappa shape index (κ1) is 14.4. The third-order valence-corrected chi connectivity index (χ3v) is 2.94. The lowest BCUT2D eigenvalue weighted by molar-refractivity contribution is -0.384. The van der Waals surface area contributed by atoms with Gasteiger partial charge in [-0.1, -0.05) is 19.4 Å². The van der Waals surface area contributed by atoms with E-state index in [0.717, 1.165) is 19.4 Å². The Morgan fingerprint density at radius 1 is 1.50 bits per heavy atom. The van der Waals surface area contributed by atoms with Crippen molar-refractivity contribution in [1.29, 1.82) is 0 Å². The molecule has 1 atom stereocenters. The molecule has 0 spiro atoms. The van der Waals surface area contributed by atoms with E-state index in [1.165, 1.54) is 6.07 Å². The predicted octanol–water partition coefficient (Wildman–Crippen LogP) is 2.88. The van der Waals surface area contributed by atoms with E-state index in [4.69, 9.17) is 0 Å². The van der Waals surface area contributed by atoms with Crippen molar-refractivity contribution >= 4 is 11.4 Å². The molecule has 5 nitrogen and oxygen atoms in total. The van der Waals surface area contributed by atoms with Crippen LogP contribution in [-0.2, 0) is 0 Å². The number of rotatable bonds is 6. The van der Waals surface area contributed by atoms with Crippen molar-refractivity contribution in [3.63, 3.8) is 0 Å². The van der Waals surface area contributed by atoms with E-state index in [-0.39, 0.29) is 5.69 Å². The van der Waals surface area contributed by atoms with E-state index in [2.05, 4.69) is 6.92 Å². The van der Waals surface area contributed by atoms with E-state index in [1.807, 2.05) is 11.9 Å². The largest absolute Gasteiger partial charge is 0.389 e. The van der Waals surface area contributed by atoms with E-state index < -0.39 is 11.0 Å². The van der Waals surface area contributed by atoms with Crippen molar-refractivity contribution < 1.29 is 10.0 Å². The lowest BCUT2D eigenvalue weighted by Crippen LogP contribution is -2.19. The maximum absolute atomic E-state index is 11.1. The first-order chi connectivity index (χ1) is 8.47. The van der Waals surface area contributed by atoms with Crippen molar-refractivity contribution in [2.75, 3.05) is 18.5 Å². The van der Waals surface area contributed by atoms with Crippen molar-refractivity contribution in [3.8, 4) is 0 Å². The number of nitro benzene ring substituents is 1. The lowest BCUT2D eigenvalue weighted by atomic mass is 10.1. The smallest absolute Gasteiger partial charge is 0.292 e. The van der Waals surface area contributed by atoms with Gasteiger partial charge in [0, 0.05) is 19.7 Å². The normalized spacial score (nSPS) is 12.2. The molecule has 1 aromatic rings. The van der Waals surface area contributed by atoms with E-state index in [0.29, 0.717) is 11.3 Å². The van der Waals surface area contributed by atoms with Crippen LogP contribution in [0.4, 0.5) is 11.4 Å². The quantitative estimate of drug-likeness (QED) is 0.624. The number of unbranched alkanes of at least 4 members (excludes halogenated alkanes) is 1. The van der Waals surface area contributed by atoms with Crippen LogP contribution < -0.4 is 4.90 Å². The Balaban J connectivity index is 3.07. The molecule has 0 amide bonds. The molecule has 0 saturated heterocycles. The van der Waals surface area contributed by atoms with Gasteiger partial charge in [0.2, 0.25) is 0 Å². The van der Waals surface area contributed by atoms with Crippen LogP contribution in [0.5, 0.6) is 0 Å². The average molecular weight is 252 g/mol. The molecule has 100 valence electrons. The topological polar surface area (TPSA) is 66.6 Å². The summed E-state index contributed by atoms with van der Waals surface area (Å²) < 4.78 is 0. The van der Waals surface area contributed by atoms with Crippen molar-refractivity contribution in [2.45, 2.75) is 32.8 Å². The maximum Gasteiger partial charge on any atom is 0.292 e. The van der Waals surface area contributed by atoms with Gasteiger partial charge >= 0.3 is 0 Å². The maximum atomic E-state index is 11.1. The van der Waals surface area contributed by atoms with Crippen LogP contribution >= 0.6 is 0 Å². The van der Waals surface area contributed by atoms with Gasteiger partial charge in [-0.15, -0.1) is 0 Å². The van der Waals surface area contributed by atoms with Gasteiger partial charge in [-0.05, 0) is 25.0 Å². The summed E-state index contributed by atoms with van der Waals surface area (Å²) in [6.45, 7) is 4.46. The first-order valence-corrected chi connectivity index (χ1v) is 6.15. The Morgan fingerprint density at radius 2 is 2.17 bits per heavy atom. The molecule has 0 heterocycles. The number of hydrogen-bond acceptors (Lipinski definition) is 4. The zero-order chi connectivity index (χ0) is 13.7. The average Bonchev–Trinajstić information content (AvgIpc) is 2.34. The van der Waals surface area contributed by atoms with Crippen molar-refractivity contribution in [1.82, 2.24) is 0 Å². The van der Waals surface area contributed by atoms with Crippen LogP contribution in [0, 0.1) is 10.1 Å². The van der Waals surface area contributed by atoms with Crippen LogP contribution in [0.1, 0.15) is 38.4 Å². The Kier molecular flexibility index (Phi) is 5.09. The van der Waals surface area contributed by atoms with Gasteiger partial charge in [0.25, 0.3) is 5.69 Å². The number of aliphatic hydroxyl groups is 1. The van der Waals surface area contributed by atoms with Crippen LogP contribution in [0.3, 0.4) is 0 Å². The van der Waals surface area contributed by atoms with Gasteiger partial charge in [-0.3, -0.25) is 10.1 Å². The predicted molar refractivity (Wildman–Crippen MR) is 71.9 cm³/mol. The van der Waals surface area contributed by atoms with E-state index >= 15 is 0 Å². The first-order valence-electron chi connectivity index (χ1n) is 6.15. The summed E-state index contributed by atoms with van der Waals surface area (Å²) in [7, 11) is 1.85. The highest BCUT2D eigenvalue weighted by molar-refractivity contribution is 5.64. The Morgan fingerprint density at radius 3 is 2.67 bits per heavy atom.